The number of halogens is 2. The summed E-state index contributed by atoms with van der Waals surface area (Å²) in [4.78, 5) is 41.9. The highest BCUT2D eigenvalue weighted by Crippen LogP contribution is 2.38. The number of likely N-dealkylation sites (N-methyl/N-ethyl adjacent to an activating group) is 1. The van der Waals surface area contributed by atoms with Gasteiger partial charge in [-0.2, -0.15) is 5.10 Å². The Morgan fingerprint density at radius 2 is 1.84 bits per heavy atom. The van der Waals surface area contributed by atoms with E-state index in [1.165, 1.54) is 24.5 Å². The van der Waals surface area contributed by atoms with Crippen LogP contribution in [0.3, 0.4) is 0 Å². The molecule has 1 aromatic heterocycles. The highest BCUT2D eigenvalue weighted by Gasteiger charge is 2.28. The molecule has 3 aromatic rings. The Balaban J connectivity index is 0.00000336. The summed E-state index contributed by atoms with van der Waals surface area (Å²) in [5.74, 6) is -2.35. The van der Waals surface area contributed by atoms with E-state index in [-0.39, 0.29) is 35.0 Å². The Hall–Kier alpha value is -3.76. The SMILES string of the molecule is CCN1CCN(c2cc3c(cc2F)c(=O)c(C(=O)N/N=C\c2ccccc2C(=O)O)cn3C2CC2)CC1.Cl. The Bertz CT molecular complexity index is 1460. The Kier molecular flexibility index (Phi) is 8.13. The summed E-state index contributed by atoms with van der Waals surface area (Å²) in [7, 11) is 0. The van der Waals surface area contributed by atoms with Crippen molar-refractivity contribution in [1.82, 2.24) is 14.9 Å². The molecule has 1 aliphatic heterocycles. The fourth-order valence-corrected chi connectivity index (χ4v) is 4.75. The highest BCUT2D eigenvalue weighted by atomic mass is 35.5. The molecule has 0 unspecified atom stereocenters. The Labute approximate surface area is 224 Å². The molecule has 9 nitrogen and oxygen atoms in total. The largest absolute Gasteiger partial charge is 0.478 e. The summed E-state index contributed by atoms with van der Waals surface area (Å²) in [6, 6.07) is 9.32. The van der Waals surface area contributed by atoms with Crippen LogP contribution in [-0.4, -0.2) is 65.4 Å². The number of piperazine rings is 1. The molecule has 1 amide bonds. The number of rotatable bonds is 7. The summed E-state index contributed by atoms with van der Waals surface area (Å²) < 4.78 is 17.2. The first-order chi connectivity index (χ1) is 17.9. The molecule has 2 N–H and O–H groups in total. The van der Waals surface area contributed by atoms with E-state index in [4.69, 9.17) is 0 Å². The van der Waals surface area contributed by atoms with E-state index in [2.05, 4.69) is 22.4 Å². The first kappa shape index (κ1) is 27.3. The zero-order chi connectivity index (χ0) is 26.1. The number of carbonyl (C=O) groups is 2. The predicted molar refractivity (Wildman–Crippen MR) is 146 cm³/mol. The maximum Gasteiger partial charge on any atom is 0.336 e. The lowest BCUT2D eigenvalue weighted by molar-refractivity contribution is 0.0696. The molecule has 5 rings (SSSR count). The first-order valence-corrected chi connectivity index (χ1v) is 12.4. The monoisotopic (exact) mass is 541 g/mol. The molecular formula is C27H29ClFN5O4. The van der Waals surface area contributed by atoms with E-state index in [9.17, 15) is 19.5 Å². The molecule has 0 radical (unpaired) electrons. The average Bonchev–Trinajstić information content (AvgIpc) is 3.74. The van der Waals surface area contributed by atoms with Crippen LogP contribution in [0.25, 0.3) is 10.9 Å². The molecule has 11 heteroatoms. The van der Waals surface area contributed by atoms with Gasteiger partial charge < -0.3 is 19.5 Å². The van der Waals surface area contributed by atoms with Crippen molar-refractivity contribution >= 4 is 47.1 Å². The van der Waals surface area contributed by atoms with Gasteiger partial charge in [0.25, 0.3) is 5.91 Å². The molecule has 2 fully saturated rings. The molecular weight excluding hydrogens is 513 g/mol. The molecule has 2 heterocycles. The highest BCUT2D eigenvalue weighted by molar-refractivity contribution is 6.00. The first-order valence-electron chi connectivity index (χ1n) is 12.4. The van der Waals surface area contributed by atoms with E-state index in [0.29, 0.717) is 29.9 Å². The molecule has 1 saturated heterocycles. The number of aromatic nitrogens is 1. The zero-order valence-corrected chi connectivity index (χ0v) is 21.7. The fourth-order valence-electron chi connectivity index (χ4n) is 4.75. The standard InChI is InChI=1S/C27H28FN5O4.ClH/c1-2-31-9-11-32(12-10-31)24-14-23-20(13-22(24)28)25(34)21(16-33(23)18-7-8-18)26(35)30-29-15-17-5-3-4-6-19(17)27(36)37;/h3-6,13-16,18H,2,7-12H2,1H3,(H,30,35)(H,36,37);1H/b29-15-;. The van der Waals surface area contributed by atoms with Crippen LogP contribution < -0.4 is 15.8 Å². The molecule has 0 atom stereocenters. The van der Waals surface area contributed by atoms with Crippen molar-refractivity contribution in [2.24, 2.45) is 5.10 Å². The lowest BCUT2D eigenvalue weighted by Crippen LogP contribution is -2.46. The average molecular weight is 542 g/mol. The van der Waals surface area contributed by atoms with Crippen molar-refractivity contribution in [2.75, 3.05) is 37.6 Å². The number of hydrogen-bond donors (Lipinski definition) is 2. The van der Waals surface area contributed by atoms with Gasteiger partial charge in [0.1, 0.15) is 11.4 Å². The minimum atomic E-state index is -1.12. The van der Waals surface area contributed by atoms with E-state index >= 15 is 4.39 Å². The topological polar surface area (TPSA) is 107 Å². The lowest BCUT2D eigenvalue weighted by Gasteiger charge is -2.35. The van der Waals surface area contributed by atoms with Crippen LogP contribution in [0.1, 0.15) is 52.1 Å². The number of hydrazone groups is 1. The van der Waals surface area contributed by atoms with Gasteiger partial charge in [-0.15, -0.1) is 12.4 Å². The van der Waals surface area contributed by atoms with Gasteiger partial charge in [-0.25, -0.2) is 14.6 Å². The van der Waals surface area contributed by atoms with Gasteiger partial charge >= 0.3 is 5.97 Å². The third kappa shape index (κ3) is 5.41. The number of hydrogen-bond acceptors (Lipinski definition) is 6. The zero-order valence-electron chi connectivity index (χ0n) is 20.9. The van der Waals surface area contributed by atoms with Crippen molar-refractivity contribution < 1.29 is 19.1 Å². The van der Waals surface area contributed by atoms with Crippen LogP contribution >= 0.6 is 12.4 Å². The molecule has 2 aliphatic rings. The van der Waals surface area contributed by atoms with Gasteiger partial charge in [0.05, 0.1) is 23.0 Å². The minimum Gasteiger partial charge on any atom is -0.478 e. The molecule has 1 aliphatic carbocycles. The van der Waals surface area contributed by atoms with Gasteiger partial charge in [0, 0.05) is 49.4 Å². The van der Waals surface area contributed by atoms with Crippen LogP contribution in [0, 0.1) is 5.82 Å². The summed E-state index contributed by atoms with van der Waals surface area (Å²) in [5, 5.41) is 13.3. The van der Waals surface area contributed by atoms with Crippen molar-refractivity contribution in [1.29, 1.82) is 0 Å². The van der Waals surface area contributed by atoms with Crippen molar-refractivity contribution in [3.63, 3.8) is 0 Å². The molecule has 200 valence electrons. The second-order valence-electron chi connectivity index (χ2n) is 9.34. The van der Waals surface area contributed by atoms with Gasteiger partial charge in [-0.3, -0.25) is 9.59 Å². The van der Waals surface area contributed by atoms with Crippen LogP contribution in [0.5, 0.6) is 0 Å². The van der Waals surface area contributed by atoms with E-state index in [0.717, 1.165) is 32.5 Å². The van der Waals surface area contributed by atoms with Crippen LogP contribution in [0.15, 0.2) is 52.5 Å². The molecule has 0 bridgehead atoms. The van der Waals surface area contributed by atoms with Gasteiger partial charge in [-0.1, -0.05) is 25.1 Å². The van der Waals surface area contributed by atoms with Crippen LogP contribution in [0.4, 0.5) is 10.1 Å². The number of amides is 1. The summed E-state index contributed by atoms with van der Waals surface area (Å²) in [6.45, 7) is 6.16. The Morgan fingerprint density at radius 3 is 2.50 bits per heavy atom. The molecule has 0 spiro atoms. The minimum absolute atomic E-state index is 0. The van der Waals surface area contributed by atoms with Gasteiger partial charge in [0.2, 0.25) is 5.43 Å². The smallest absolute Gasteiger partial charge is 0.336 e. The number of carboxylic acids is 1. The number of nitrogens with zero attached hydrogens (tertiary/aromatic N) is 4. The van der Waals surface area contributed by atoms with Crippen LogP contribution in [-0.2, 0) is 0 Å². The number of carbonyl (C=O) groups excluding carboxylic acids is 1. The van der Waals surface area contributed by atoms with Crippen LogP contribution in [0.2, 0.25) is 0 Å². The van der Waals surface area contributed by atoms with Gasteiger partial charge in [0.15, 0.2) is 0 Å². The van der Waals surface area contributed by atoms with Crippen molar-refractivity contribution in [3.8, 4) is 0 Å². The van der Waals surface area contributed by atoms with Crippen molar-refractivity contribution in [3.05, 3.63) is 75.3 Å². The summed E-state index contributed by atoms with van der Waals surface area (Å²) in [6.07, 6.45) is 4.55. The number of carboxylic acid groups (broad SMARTS) is 1. The summed E-state index contributed by atoms with van der Waals surface area (Å²) in [5.41, 5.74) is 3.00. The second-order valence-corrected chi connectivity index (χ2v) is 9.34. The quantitative estimate of drug-likeness (QED) is 0.350. The summed E-state index contributed by atoms with van der Waals surface area (Å²) >= 11 is 0. The number of fused-ring (bicyclic) bond motifs is 1. The number of aromatic carboxylic acids is 1. The number of benzene rings is 2. The van der Waals surface area contributed by atoms with Gasteiger partial charge in [-0.05, 0) is 37.6 Å². The maximum absolute atomic E-state index is 15.3. The fraction of sp³-hybridized carbons (Fsp3) is 0.333. The predicted octanol–water partition coefficient (Wildman–Crippen LogP) is 3.50. The third-order valence-electron chi connectivity index (χ3n) is 7.01. The normalized spacial score (nSPS) is 16.0. The third-order valence-corrected chi connectivity index (χ3v) is 7.01. The Morgan fingerprint density at radius 1 is 1.13 bits per heavy atom. The van der Waals surface area contributed by atoms with E-state index in [1.54, 1.807) is 24.3 Å². The maximum atomic E-state index is 15.3. The van der Waals surface area contributed by atoms with E-state index in [1.807, 2.05) is 9.47 Å². The lowest BCUT2D eigenvalue weighted by atomic mass is 10.1. The molecule has 38 heavy (non-hydrogen) atoms. The second kappa shape index (κ2) is 11.3. The van der Waals surface area contributed by atoms with E-state index < -0.39 is 23.1 Å². The van der Waals surface area contributed by atoms with Crippen molar-refractivity contribution in [2.45, 2.75) is 25.8 Å². The molecule has 1 saturated carbocycles. The number of pyridine rings is 1. The molecule has 2 aromatic carbocycles. The number of anilines is 1. The number of nitrogens with one attached hydrogen (secondary N) is 1.